The average molecular weight is 559 g/mol. The number of rotatable bonds is 10. The van der Waals surface area contributed by atoms with Crippen LogP contribution in [0.1, 0.15) is 36.5 Å². The van der Waals surface area contributed by atoms with Crippen molar-refractivity contribution in [1.29, 1.82) is 0 Å². The lowest BCUT2D eigenvalue weighted by Gasteiger charge is -2.24. The van der Waals surface area contributed by atoms with Gasteiger partial charge in [0.2, 0.25) is 5.82 Å². The smallest absolute Gasteiger partial charge is 0.323 e. The zero-order valence-corrected chi connectivity index (χ0v) is 24.0. The average Bonchev–Trinajstić information content (AvgIpc) is 3.54. The largest absolute Gasteiger partial charge is 0.491 e. The number of urea groups is 1. The topological polar surface area (TPSA) is 105 Å². The first kappa shape index (κ1) is 28.3. The Labute approximate surface area is 245 Å². The monoisotopic (exact) mass is 558 g/mol. The zero-order valence-electron chi connectivity index (χ0n) is 24.0. The van der Waals surface area contributed by atoms with Crippen molar-refractivity contribution in [2.75, 3.05) is 17.2 Å². The van der Waals surface area contributed by atoms with Gasteiger partial charge in [-0.3, -0.25) is 0 Å². The summed E-state index contributed by atoms with van der Waals surface area (Å²) in [6, 6.07) is 29.3. The summed E-state index contributed by atoms with van der Waals surface area (Å²) >= 11 is 0. The Morgan fingerprint density at radius 2 is 1.67 bits per heavy atom. The Morgan fingerprint density at radius 1 is 0.952 bits per heavy atom. The van der Waals surface area contributed by atoms with E-state index in [0.29, 0.717) is 29.6 Å². The van der Waals surface area contributed by atoms with Crippen LogP contribution < -0.4 is 15.4 Å². The SMILES string of the molecule is C=CC(c1ccccc1)c1cc(-c2ccccc2-c2nn[nH]n2)cc(NC(=O)Nc2ccc(C)cc2)c1OCC(C)C. The minimum Gasteiger partial charge on any atom is -0.491 e. The molecule has 0 saturated heterocycles. The second-order valence-electron chi connectivity index (χ2n) is 10.5. The van der Waals surface area contributed by atoms with Crippen molar-refractivity contribution in [2.24, 2.45) is 5.92 Å². The molecule has 0 aliphatic carbocycles. The molecular formula is C34H34N6O2. The van der Waals surface area contributed by atoms with Gasteiger partial charge in [0.05, 0.1) is 12.3 Å². The number of benzene rings is 4. The molecule has 42 heavy (non-hydrogen) atoms. The maximum Gasteiger partial charge on any atom is 0.323 e. The Kier molecular flexibility index (Phi) is 8.72. The number of allylic oxidation sites excluding steroid dienone is 1. The van der Waals surface area contributed by atoms with Crippen molar-refractivity contribution in [1.82, 2.24) is 20.6 Å². The van der Waals surface area contributed by atoms with Crippen LogP contribution in [0, 0.1) is 12.8 Å². The van der Waals surface area contributed by atoms with E-state index >= 15 is 0 Å². The Hall–Kier alpha value is -5.24. The van der Waals surface area contributed by atoms with E-state index in [9.17, 15) is 4.79 Å². The summed E-state index contributed by atoms with van der Waals surface area (Å²) in [6.07, 6.45) is 1.90. The molecule has 5 aromatic rings. The summed E-state index contributed by atoms with van der Waals surface area (Å²) in [5.41, 5.74) is 6.82. The molecule has 0 bridgehead atoms. The van der Waals surface area contributed by atoms with E-state index in [1.54, 1.807) is 0 Å². The van der Waals surface area contributed by atoms with Gasteiger partial charge >= 0.3 is 6.03 Å². The van der Waals surface area contributed by atoms with Crippen molar-refractivity contribution < 1.29 is 9.53 Å². The fourth-order valence-electron chi connectivity index (χ4n) is 4.77. The van der Waals surface area contributed by atoms with Gasteiger partial charge in [-0.1, -0.05) is 92.2 Å². The number of aromatic nitrogens is 4. The number of hydrogen-bond acceptors (Lipinski definition) is 5. The Balaban J connectivity index is 1.67. The van der Waals surface area contributed by atoms with Gasteiger partial charge in [0.25, 0.3) is 0 Å². The molecule has 212 valence electrons. The maximum absolute atomic E-state index is 13.3. The highest BCUT2D eigenvalue weighted by Crippen LogP contribution is 2.43. The zero-order chi connectivity index (χ0) is 29.5. The number of nitrogens with zero attached hydrogens (tertiary/aromatic N) is 3. The highest BCUT2D eigenvalue weighted by atomic mass is 16.5. The van der Waals surface area contributed by atoms with Crippen LogP contribution >= 0.6 is 0 Å². The molecule has 0 aliphatic rings. The molecule has 1 heterocycles. The maximum atomic E-state index is 13.3. The summed E-state index contributed by atoms with van der Waals surface area (Å²) in [6.45, 7) is 10.8. The second kappa shape index (κ2) is 13.0. The van der Waals surface area contributed by atoms with Gasteiger partial charge in [0.15, 0.2) is 0 Å². The van der Waals surface area contributed by atoms with Gasteiger partial charge in [-0.25, -0.2) is 4.79 Å². The summed E-state index contributed by atoms with van der Waals surface area (Å²) < 4.78 is 6.46. The molecule has 8 heteroatoms. The van der Waals surface area contributed by atoms with Gasteiger partial charge in [0, 0.05) is 22.7 Å². The highest BCUT2D eigenvalue weighted by molar-refractivity contribution is 6.01. The third-order valence-electron chi connectivity index (χ3n) is 6.79. The van der Waals surface area contributed by atoms with E-state index < -0.39 is 0 Å². The predicted molar refractivity (Wildman–Crippen MR) is 168 cm³/mol. The van der Waals surface area contributed by atoms with Crippen LogP contribution in [0.3, 0.4) is 0 Å². The van der Waals surface area contributed by atoms with Crippen LogP contribution in [0.4, 0.5) is 16.2 Å². The molecule has 3 N–H and O–H groups in total. The van der Waals surface area contributed by atoms with Crippen LogP contribution in [0.2, 0.25) is 0 Å². The third kappa shape index (κ3) is 6.55. The number of aromatic amines is 1. The van der Waals surface area contributed by atoms with E-state index in [0.717, 1.165) is 33.4 Å². The number of ether oxygens (including phenoxy) is 1. The number of carbonyl (C=O) groups is 1. The summed E-state index contributed by atoms with van der Waals surface area (Å²) in [5.74, 6) is 1.13. The molecule has 1 atom stereocenters. The third-order valence-corrected chi connectivity index (χ3v) is 6.79. The summed E-state index contributed by atoms with van der Waals surface area (Å²) in [5, 5.41) is 20.7. The van der Waals surface area contributed by atoms with Crippen LogP contribution in [0.25, 0.3) is 22.5 Å². The van der Waals surface area contributed by atoms with Crippen LogP contribution in [-0.4, -0.2) is 33.3 Å². The molecule has 0 spiro atoms. The van der Waals surface area contributed by atoms with E-state index in [-0.39, 0.29) is 17.9 Å². The van der Waals surface area contributed by atoms with Crippen LogP contribution in [-0.2, 0) is 0 Å². The van der Waals surface area contributed by atoms with Crippen molar-refractivity contribution in [3.63, 3.8) is 0 Å². The second-order valence-corrected chi connectivity index (χ2v) is 10.5. The van der Waals surface area contributed by atoms with Crippen molar-refractivity contribution >= 4 is 17.4 Å². The van der Waals surface area contributed by atoms with Gasteiger partial charge in [-0.2, -0.15) is 5.21 Å². The minimum atomic E-state index is -0.377. The molecule has 1 aromatic heterocycles. The Morgan fingerprint density at radius 3 is 2.33 bits per heavy atom. The molecule has 0 radical (unpaired) electrons. The molecule has 1 unspecified atom stereocenters. The molecule has 8 nitrogen and oxygen atoms in total. The number of anilines is 2. The standard InChI is InChI=1S/C34H34N6O2/c1-5-27(24-11-7-6-8-12-24)30-19-25(28-13-9-10-14-29(28)33-37-39-40-38-33)20-31(32(30)42-21-22(2)3)36-34(41)35-26-17-15-23(4)16-18-26/h5-20,22,27H,1,21H2,2-4H3,(H2,35,36,41)(H,37,38,39,40). The van der Waals surface area contributed by atoms with Crippen LogP contribution in [0.15, 0.2) is 104 Å². The summed E-state index contributed by atoms with van der Waals surface area (Å²) in [4.78, 5) is 13.3. The molecule has 2 amide bonds. The van der Waals surface area contributed by atoms with Crippen molar-refractivity contribution in [3.05, 3.63) is 120 Å². The quantitative estimate of drug-likeness (QED) is 0.151. The number of carbonyl (C=O) groups excluding carboxylic acids is 1. The molecule has 0 fully saturated rings. The van der Waals surface area contributed by atoms with Gasteiger partial charge in [-0.05, 0) is 59.0 Å². The molecule has 5 rings (SSSR count). The fraction of sp³-hybridized carbons (Fsp3) is 0.176. The first-order valence-electron chi connectivity index (χ1n) is 13.9. The number of amides is 2. The van der Waals surface area contributed by atoms with Crippen LogP contribution in [0.5, 0.6) is 5.75 Å². The Bertz CT molecular complexity index is 1650. The number of tetrazole rings is 1. The first-order chi connectivity index (χ1) is 20.4. The van der Waals surface area contributed by atoms with E-state index in [2.05, 4.69) is 69.9 Å². The molecule has 0 saturated carbocycles. The first-order valence-corrected chi connectivity index (χ1v) is 13.9. The van der Waals surface area contributed by atoms with Crippen molar-refractivity contribution in [2.45, 2.75) is 26.7 Å². The predicted octanol–water partition coefficient (Wildman–Crippen LogP) is 7.84. The minimum absolute atomic E-state index is 0.202. The van der Waals surface area contributed by atoms with Gasteiger partial charge < -0.3 is 15.4 Å². The molecule has 4 aromatic carbocycles. The molecule has 0 aliphatic heterocycles. The van der Waals surface area contributed by atoms with E-state index in [1.807, 2.05) is 85.8 Å². The number of H-pyrrole nitrogens is 1. The lowest BCUT2D eigenvalue weighted by molar-refractivity contribution is 0.260. The number of aryl methyl sites for hydroxylation is 1. The normalized spacial score (nSPS) is 11.6. The van der Waals surface area contributed by atoms with Gasteiger partial charge in [-0.15, -0.1) is 16.8 Å². The molecular weight excluding hydrogens is 524 g/mol. The lowest BCUT2D eigenvalue weighted by atomic mass is 9.87. The fourth-order valence-corrected chi connectivity index (χ4v) is 4.77. The highest BCUT2D eigenvalue weighted by Gasteiger charge is 2.23. The van der Waals surface area contributed by atoms with Crippen molar-refractivity contribution in [3.8, 4) is 28.3 Å². The number of nitrogens with one attached hydrogen (secondary N) is 3. The van der Waals surface area contributed by atoms with E-state index in [4.69, 9.17) is 4.74 Å². The summed E-state index contributed by atoms with van der Waals surface area (Å²) in [7, 11) is 0. The van der Waals surface area contributed by atoms with Gasteiger partial charge in [0.1, 0.15) is 5.75 Å². The number of hydrogen-bond donors (Lipinski definition) is 3. The van der Waals surface area contributed by atoms with E-state index in [1.165, 1.54) is 0 Å². The lowest BCUT2D eigenvalue weighted by Crippen LogP contribution is -2.21.